The summed E-state index contributed by atoms with van der Waals surface area (Å²) in [5, 5.41) is 14.4. The quantitative estimate of drug-likeness (QED) is 0.397. The summed E-state index contributed by atoms with van der Waals surface area (Å²) in [6.07, 6.45) is 1.26. The fraction of sp³-hybridized carbons (Fsp3) is 0.200. The predicted octanol–water partition coefficient (Wildman–Crippen LogP) is 0.677. The van der Waals surface area contributed by atoms with E-state index in [0.717, 1.165) is 0 Å². The van der Waals surface area contributed by atoms with Crippen molar-refractivity contribution in [3.63, 3.8) is 0 Å². The SMILES string of the molecule is Cc1n[n+]([O-])ccc1Cl. The van der Waals surface area contributed by atoms with Crippen LogP contribution >= 0.6 is 11.6 Å². The van der Waals surface area contributed by atoms with Gasteiger partial charge in [0.25, 0.3) is 0 Å². The maximum Gasteiger partial charge on any atom is 0.211 e. The summed E-state index contributed by atoms with van der Waals surface area (Å²) < 4.78 is 0. The Morgan fingerprint density at radius 3 is 2.89 bits per heavy atom. The second kappa shape index (κ2) is 2.19. The van der Waals surface area contributed by atoms with Crippen LogP contribution in [0.1, 0.15) is 5.69 Å². The van der Waals surface area contributed by atoms with Gasteiger partial charge in [-0.15, -0.1) is 0 Å². The molecule has 1 heterocycles. The van der Waals surface area contributed by atoms with Crippen LogP contribution in [-0.4, -0.2) is 5.10 Å². The zero-order valence-corrected chi connectivity index (χ0v) is 5.59. The number of halogens is 1. The van der Waals surface area contributed by atoms with E-state index in [1.807, 2.05) is 0 Å². The zero-order valence-electron chi connectivity index (χ0n) is 4.84. The van der Waals surface area contributed by atoms with E-state index in [1.54, 1.807) is 6.92 Å². The Morgan fingerprint density at radius 2 is 2.44 bits per heavy atom. The van der Waals surface area contributed by atoms with Crippen LogP contribution in [-0.2, 0) is 0 Å². The summed E-state index contributed by atoms with van der Waals surface area (Å²) in [7, 11) is 0. The van der Waals surface area contributed by atoms with Gasteiger partial charge in [-0.25, -0.2) is 0 Å². The van der Waals surface area contributed by atoms with Crippen LogP contribution in [0.3, 0.4) is 0 Å². The lowest BCUT2D eigenvalue weighted by Gasteiger charge is -1.93. The molecule has 9 heavy (non-hydrogen) atoms. The first-order valence-electron chi connectivity index (χ1n) is 2.43. The van der Waals surface area contributed by atoms with Gasteiger partial charge < -0.3 is 5.21 Å². The van der Waals surface area contributed by atoms with Crippen molar-refractivity contribution >= 4 is 11.6 Å². The molecule has 4 heteroatoms. The van der Waals surface area contributed by atoms with E-state index in [0.29, 0.717) is 15.6 Å². The van der Waals surface area contributed by atoms with Crippen LogP contribution in [0.15, 0.2) is 12.3 Å². The molecule has 0 aliphatic rings. The van der Waals surface area contributed by atoms with Gasteiger partial charge in [0, 0.05) is 11.2 Å². The fourth-order valence-electron chi connectivity index (χ4n) is 0.479. The predicted molar refractivity (Wildman–Crippen MR) is 32.9 cm³/mol. The van der Waals surface area contributed by atoms with Gasteiger partial charge in [-0.1, -0.05) is 16.4 Å². The molecule has 0 aliphatic heterocycles. The highest BCUT2D eigenvalue weighted by molar-refractivity contribution is 6.31. The summed E-state index contributed by atoms with van der Waals surface area (Å²) in [6.45, 7) is 1.68. The van der Waals surface area contributed by atoms with Gasteiger partial charge >= 0.3 is 0 Å². The second-order valence-corrected chi connectivity index (χ2v) is 2.06. The van der Waals surface area contributed by atoms with Gasteiger partial charge in [-0.2, -0.15) is 0 Å². The molecule has 0 radical (unpaired) electrons. The monoisotopic (exact) mass is 144 g/mol. The molecule has 0 atom stereocenters. The van der Waals surface area contributed by atoms with E-state index in [2.05, 4.69) is 5.10 Å². The minimum absolute atomic E-state index is 0.473. The van der Waals surface area contributed by atoms with Crippen molar-refractivity contribution < 1.29 is 4.85 Å². The largest absolute Gasteiger partial charge is 0.594 e. The first kappa shape index (κ1) is 6.29. The lowest BCUT2D eigenvalue weighted by atomic mass is 10.4. The third-order valence-corrected chi connectivity index (χ3v) is 1.34. The van der Waals surface area contributed by atoms with Crippen LogP contribution in [0.5, 0.6) is 0 Å². The summed E-state index contributed by atoms with van der Waals surface area (Å²) in [6, 6.07) is 1.51. The lowest BCUT2D eigenvalue weighted by Crippen LogP contribution is -2.30. The van der Waals surface area contributed by atoms with Crippen molar-refractivity contribution in [2.45, 2.75) is 6.92 Å². The van der Waals surface area contributed by atoms with E-state index >= 15 is 0 Å². The second-order valence-electron chi connectivity index (χ2n) is 1.65. The summed E-state index contributed by atoms with van der Waals surface area (Å²) >= 11 is 5.57. The normalized spacial score (nSPS) is 9.56. The molecule has 0 N–H and O–H groups in total. The molecule has 1 aromatic rings. The van der Waals surface area contributed by atoms with Gasteiger partial charge in [0.05, 0.1) is 5.02 Å². The summed E-state index contributed by atoms with van der Waals surface area (Å²) in [4.78, 5) is 0.473. The molecule has 0 aliphatic carbocycles. The zero-order chi connectivity index (χ0) is 6.85. The Hall–Kier alpha value is -0.830. The molecular formula is C5H5ClN2O. The highest BCUT2D eigenvalue weighted by Crippen LogP contribution is 2.07. The van der Waals surface area contributed by atoms with E-state index in [1.165, 1.54) is 12.3 Å². The molecule has 0 saturated heterocycles. The number of nitrogens with zero attached hydrogens (tertiary/aromatic N) is 2. The van der Waals surface area contributed by atoms with Crippen molar-refractivity contribution in [3.8, 4) is 0 Å². The number of aryl methyl sites for hydroxylation is 1. The first-order chi connectivity index (χ1) is 4.20. The van der Waals surface area contributed by atoms with E-state index in [-0.39, 0.29) is 0 Å². The Balaban J connectivity index is 3.17. The van der Waals surface area contributed by atoms with Gasteiger partial charge in [0.15, 0.2) is 0 Å². The van der Waals surface area contributed by atoms with Crippen LogP contribution < -0.4 is 4.85 Å². The average molecular weight is 145 g/mol. The first-order valence-corrected chi connectivity index (χ1v) is 2.80. The molecular weight excluding hydrogens is 140 g/mol. The molecule has 1 rings (SSSR count). The topological polar surface area (TPSA) is 39.8 Å². The third kappa shape index (κ3) is 1.29. The molecule has 3 nitrogen and oxygen atoms in total. The highest BCUT2D eigenvalue weighted by Gasteiger charge is 1.97. The number of rotatable bonds is 0. The molecule has 1 aromatic heterocycles. The summed E-state index contributed by atoms with van der Waals surface area (Å²) in [5.74, 6) is 0. The van der Waals surface area contributed by atoms with Crippen LogP contribution in [0, 0.1) is 12.1 Å². The Morgan fingerprint density at radius 1 is 1.78 bits per heavy atom. The Labute approximate surface area is 57.5 Å². The Kier molecular flexibility index (Phi) is 1.53. The maximum atomic E-state index is 10.4. The molecule has 0 aromatic carbocycles. The number of hydrogen-bond acceptors (Lipinski definition) is 2. The van der Waals surface area contributed by atoms with Crippen molar-refractivity contribution in [3.05, 3.63) is 28.2 Å². The summed E-state index contributed by atoms with van der Waals surface area (Å²) in [5.41, 5.74) is 0.550. The minimum Gasteiger partial charge on any atom is -0.594 e. The van der Waals surface area contributed by atoms with Crippen molar-refractivity contribution in [1.82, 2.24) is 5.10 Å². The van der Waals surface area contributed by atoms with Gasteiger partial charge in [-0.05, 0) is 6.92 Å². The minimum atomic E-state index is 0.473. The van der Waals surface area contributed by atoms with Gasteiger partial charge in [0.2, 0.25) is 6.20 Å². The van der Waals surface area contributed by atoms with Crippen molar-refractivity contribution in [2.75, 3.05) is 0 Å². The van der Waals surface area contributed by atoms with Crippen molar-refractivity contribution in [1.29, 1.82) is 0 Å². The fourth-order valence-corrected chi connectivity index (χ4v) is 0.573. The molecule has 0 saturated carbocycles. The number of aromatic nitrogens is 2. The van der Waals surface area contributed by atoms with Gasteiger partial charge in [0.1, 0.15) is 5.69 Å². The van der Waals surface area contributed by atoms with Crippen molar-refractivity contribution in [2.24, 2.45) is 0 Å². The smallest absolute Gasteiger partial charge is 0.211 e. The molecule has 0 amide bonds. The molecule has 0 fully saturated rings. The lowest BCUT2D eigenvalue weighted by molar-refractivity contribution is -0.669. The molecule has 0 bridgehead atoms. The average Bonchev–Trinajstić information content (AvgIpc) is 1.80. The molecule has 0 unspecified atom stereocenters. The molecule has 0 spiro atoms. The number of hydrogen-bond donors (Lipinski definition) is 0. The third-order valence-electron chi connectivity index (χ3n) is 0.943. The maximum absolute atomic E-state index is 10.4. The van der Waals surface area contributed by atoms with E-state index < -0.39 is 0 Å². The highest BCUT2D eigenvalue weighted by atomic mass is 35.5. The van der Waals surface area contributed by atoms with Crippen LogP contribution in [0.4, 0.5) is 0 Å². The molecule has 48 valence electrons. The van der Waals surface area contributed by atoms with Gasteiger partial charge in [-0.3, -0.25) is 0 Å². The van der Waals surface area contributed by atoms with Crippen LogP contribution in [0.25, 0.3) is 0 Å². The standard InChI is InChI=1S/C5H5ClN2O/c1-4-5(6)2-3-8(9)7-4/h2-3H,1H3. The van der Waals surface area contributed by atoms with E-state index in [4.69, 9.17) is 11.6 Å². The Bertz CT molecular complexity index is 226. The van der Waals surface area contributed by atoms with E-state index in [9.17, 15) is 5.21 Å². The van der Waals surface area contributed by atoms with Crippen LogP contribution in [0.2, 0.25) is 5.02 Å².